The minimum absolute atomic E-state index is 0.0164. The van der Waals surface area contributed by atoms with Gasteiger partial charge in [-0.15, -0.1) is 6.58 Å². The minimum Gasteiger partial charge on any atom is -0.508 e. The summed E-state index contributed by atoms with van der Waals surface area (Å²) < 4.78 is 12.0. The first kappa shape index (κ1) is 23.4. The molecular weight excluding hydrogens is 452 g/mol. The molecule has 6 heteroatoms. The fraction of sp³-hybridized carbons (Fsp3) is 0.500. The number of phenolic OH excluding ortho intramolecular Hbond substituents is 1. The van der Waals surface area contributed by atoms with E-state index in [4.69, 9.17) is 9.15 Å². The number of amides is 1. The predicted octanol–water partition coefficient (Wildman–Crippen LogP) is 4.78. The maximum absolute atomic E-state index is 13.7. The second kappa shape index (κ2) is 8.84. The van der Waals surface area contributed by atoms with E-state index in [1.54, 1.807) is 24.7 Å². The van der Waals surface area contributed by atoms with Crippen molar-refractivity contribution in [3.8, 4) is 11.5 Å². The van der Waals surface area contributed by atoms with E-state index in [1.165, 1.54) is 5.56 Å². The number of benzene rings is 1. The number of likely N-dealkylation sites (tertiary alicyclic amines) is 1. The molecule has 2 bridgehead atoms. The number of ether oxygens (including phenoxy) is 1. The Hall–Kier alpha value is -2.99. The molecule has 2 aliphatic heterocycles. The molecule has 36 heavy (non-hydrogen) atoms. The zero-order valence-electron chi connectivity index (χ0n) is 21.2. The van der Waals surface area contributed by atoms with Crippen molar-refractivity contribution in [2.24, 2.45) is 11.8 Å². The molecule has 1 saturated heterocycles. The quantitative estimate of drug-likeness (QED) is 0.449. The maximum Gasteiger partial charge on any atom is 0.246 e. The van der Waals surface area contributed by atoms with Gasteiger partial charge < -0.3 is 19.2 Å². The van der Waals surface area contributed by atoms with Crippen LogP contribution in [0.25, 0.3) is 6.08 Å². The first-order valence-corrected chi connectivity index (χ1v) is 13.3. The fourth-order valence-electron chi connectivity index (χ4n) is 7.74. The number of carbonyl (C=O) groups excluding carboxylic acids is 1. The van der Waals surface area contributed by atoms with Crippen molar-refractivity contribution in [3.63, 3.8) is 0 Å². The number of carbonyl (C=O) groups is 1. The molecule has 6 rings (SSSR count). The number of furan rings is 1. The van der Waals surface area contributed by atoms with Crippen molar-refractivity contribution in [2.75, 3.05) is 19.6 Å². The van der Waals surface area contributed by atoms with E-state index >= 15 is 0 Å². The van der Waals surface area contributed by atoms with E-state index in [9.17, 15) is 9.90 Å². The lowest BCUT2D eigenvalue weighted by Gasteiger charge is -2.60. The van der Waals surface area contributed by atoms with Gasteiger partial charge in [0.1, 0.15) is 17.6 Å². The average molecular weight is 489 g/mol. The summed E-state index contributed by atoms with van der Waals surface area (Å²) in [5.74, 6) is 2.08. The standard InChI is InChI=1S/C30H36N2O4/c1-4-13-31-14-12-30-22-6-7-23(32(17-19(2)3)27(34)10-5-20-11-15-35-18-20)29(30)36-26-9-8-25(33)21(28(26)30)16-24(22)31/h4-5,8-11,15,18-19,22-24,29,33H,1,6-7,12-14,16-17H2,2-3H3/t22-,23+,24+,29+,30-/m0/s1. The molecule has 5 atom stereocenters. The molecule has 1 N–H and O–H groups in total. The van der Waals surface area contributed by atoms with E-state index in [-0.39, 0.29) is 23.5 Å². The number of piperidine rings is 1. The number of nitrogens with zero attached hydrogens (tertiary/aromatic N) is 2. The number of rotatable bonds is 7. The average Bonchev–Trinajstić information content (AvgIpc) is 3.49. The molecule has 2 fully saturated rings. The van der Waals surface area contributed by atoms with Gasteiger partial charge in [-0.2, -0.15) is 0 Å². The van der Waals surface area contributed by atoms with Crippen molar-refractivity contribution in [1.29, 1.82) is 0 Å². The molecule has 2 aliphatic carbocycles. The van der Waals surface area contributed by atoms with E-state index in [0.29, 0.717) is 30.2 Å². The molecule has 1 amide bonds. The third-order valence-electron chi connectivity index (χ3n) is 8.99. The van der Waals surface area contributed by atoms with Gasteiger partial charge in [-0.1, -0.05) is 19.9 Å². The van der Waals surface area contributed by atoms with Gasteiger partial charge in [0.2, 0.25) is 5.91 Å². The molecule has 6 nitrogen and oxygen atoms in total. The summed E-state index contributed by atoms with van der Waals surface area (Å²) in [6.45, 7) is 10.8. The summed E-state index contributed by atoms with van der Waals surface area (Å²) in [6.07, 6.45) is 12.4. The van der Waals surface area contributed by atoms with Gasteiger partial charge in [0.25, 0.3) is 0 Å². The molecule has 3 heterocycles. The van der Waals surface area contributed by atoms with Crippen molar-refractivity contribution in [3.05, 3.63) is 66.1 Å². The van der Waals surface area contributed by atoms with Crippen molar-refractivity contribution in [2.45, 2.75) is 63.1 Å². The van der Waals surface area contributed by atoms with Crippen LogP contribution in [-0.2, 0) is 16.6 Å². The number of hydrogen-bond acceptors (Lipinski definition) is 5. The third kappa shape index (κ3) is 3.45. The topological polar surface area (TPSA) is 66.2 Å². The SMILES string of the molecule is C=CCN1CC[C@@]23c4c5ccc(O)c4C[C@@H]1[C@@H]2CC[C@@H](N(CC(C)C)C(=O)C=Cc1ccoc1)[C@H]3O5. The Morgan fingerprint density at radius 3 is 2.94 bits per heavy atom. The maximum atomic E-state index is 13.7. The highest BCUT2D eigenvalue weighted by Gasteiger charge is 2.66. The number of phenols is 1. The Morgan fingerprint density at radius 2 is 2.19 bits per heavy atom. The summed E-state index contributed by atoms with van der Waals surface area (Å²) >= 11 is 0. The third-order valence-corrected chi connectivity index (χ3v) is 8.99. The first-order valence-electron chi connectivity index (χ1n) is 13.3. The Bertz CT molecular complexity index is 1190. The van der Waals surface area contributed by atoms with Gasteiger partial charge in [0, 0.05) is 47.3 Å². The largest absolute Gasteiger partial charge is 0.508 e. The molecule has 0 radical (unpaired) electrons. The van der Waals surface area contributed by atoms with Gasteiger partial charge >= 0.3 is 0 Å². The molecule has 4 aliphatic rings. The summed E-state index contributed by atoms with van der Waals surface area (Å²) in [5.41, 5.74) is 2.98. The summed E-state index contributed by atoms with van der Waals surface area (Å²) in [6, 6.07) is 5.92. The highest BCUT2D eigenvalue weighted by molar-refractivity contribution is 5.92. The van der Waals surface area contributed by atoms with Gasteiger partial charge in [-0.3, -0.25) is 9.69 Å². The lowest BCUT2D eigenvalue weighted by Crippen LogP contribution is -2.69. The van der Waals surface area contributed by atoms with Crippen LogP contribution in [0, 0.1) is 11.8 Å². The Labute approximate surface area is 213 Å². The van der Waals surface area contributed by atoms with Gasteiger partial charge in [-0.05, 0) is 68.3 Å². The lowest BCUT2D eigenvalue weighted by atomic mass is 9.51. The van der Waals surface area contributed by atoms with Crippen molar-refractivity contribution in [1.82, 2.24) is 9.80 Å². The molecule has 190 valence electrons. The van der Waals surface area contributed by atoms with Crippen molar-refractivity contribution >= 4 is 12.0 Å². The fourth-order valence-corrected chi connectivity index (χ4v) is 7.74. The molecule has 1 aromatic heterocycles. The molecule has 1 spiro atoms. The van der Waals surface area contributed by atoms with Crippen LogP contribution in [0.4, 0.5) is 0 Å². The first-order chi connectivity index (χ1) is 17.4. The lowest BCUT2D eigenvalue weighted by molar-refractivity contribution is -0.138. The molecule has 1 saturated carbocycles. The van der Waals surface area contributed by atoms with Crippen molar-refractivity contribution < 1.29 is 19.1 Å². The van der Waals surface area contributed by atoms with E-state index in [1.807, 2.05) is 24.3 Å². The summed E-state index contributed by atoms with van der Waals surface area (Å²) in [7, 11) is 0. The number of hydrogen-bond donors (Lipinski definition) is 1. The van der Waals surface area contributed by atoms with E-state index in [0.717, 1.165) is 55.6 Å². The molecule has 1 aromatic carbocycles. The van der Waals surface area contributed by atoms with Crippen LogP contribution < -0.4 is 4.74 Å². The molecule has 0 unspecified atom stereocenters. The zero-order valence-corrected chi connectivity index (χ0v) is 21.2. The van der Waals surface area contributed by atoms with E-state index in [2.05, 4.69) is 30.2 Å². The van der Waals surface area contributed by atoms with Crippen LogP contribution in [0.1, 0.15) is 49.8 Å². The predicted molar refractivity (Wildman–Crippen MR) is 139 cm³/mol. The smallest absolute Gasteiger partial charge is 0.246 e. The highest BCUT2D eigenvalue weighted by Crippen LogP contribution is 2.63. The molecular formula is C30H36N2O4. The van der Waals surface area contributed by atoms with Gasteiger partial charge in [-0.25, -0.2) is 0 Å². The van der Waals surface area contributed by atoms with E-state index < -0.39 is 0 Å². The Morgan fingerprint density at radius 1 is 1.33 bits per heavy atom. The zero-order chi connectivity index (χ0) is 25.0. The van der Waals surface area contributed by atoms with Crippen LogP contribution in [0.15, 0.2) is 53.9 Å². The van der Waals surface area contributed by atoms with Gasteiger partial charge in [0.05, 0.1) is 18.6 Å². The van der Waals surface area contributed by atoms with Gasteiger partial charge in [0.15, 0.2) is 0 Å². The Balaban J connectivity index is 1.40. The second-order valence-electron chi connectivity index (χ2n) is 11.3. The number of aromatic hydroxyl groups is 1. The molecule has 2 aromatic rings. The van der Waals surface area contributed by atoms with Crippen LogP contribution in [-0.4, -0.2) is 58.6 Å². The minimum atomic E-state index is -0.170. The van der Waals surface area contributed by atoms with Crippen LogP contribution in [0.2, 0.25) is 0 Å². The highest BCUT2D eigenvalue weighted by atomic mass is 16.5. The van der Waals surface area contributed by atoms with Crippen LogP contribution in [0.5, 0.6) is 11.5 Å². The van der Waals surface area contributed by atoms with Crippen LogP contribution in [0.3, 0.4) is 0 Å². The second-order valence-corrected chi connectivity index (χ2v) is 11.3. The normalized spacial score (nSPS) is 30.3. The summed E-state index contributed by atoms with van der Waals surface area (Å²) in [4.78, 5) is 18.3. The summed E-state index contributed by atoms with van der Waals surface area (Å²) in [5, 5.41) is 10.9. The Kier molecular flexibility index (Phi) is 5.75. The monoisotopic (exact) mass is 488 g/mol. The van der Waals surface area contributed by atoms with Crippen LogP contribution >= 0.6 is 0 Å².